The Morgan fingerprint density at radius 1 is 1.62 bits per heavy atom. The zero-order valence-corrected chi connectivity index (χ0v) is 8.54. The highest BCUT2D eigenvalue weighted by atomic mass is 32.2. The Balaban J connectivity index is 3.13. The molecule has 1 aliphatic rings. The smallest absolute Gasteiger partial charge is 0.259 e. The predicted molar refractivity (Wildman–Crippen MR) is 48.3 cm³/mol. The van der Waals surface area contributed by atoms with E-state index in [4.69, 9.17) is 0 Å². The van der Waals surface area contributed by atoms with Gasteiger partial charge >= 0.3 is 0 Å². The van der Waals surface area contributed by atoms with Crippen LogP contribution in [0.2, 0.25) is 0 Å². The van der Waals surface area contributed by atoms with Crippen molar-refractivity contribution in [2.75, 3.05) is 13.1 Å². The summed E-state index contributed by atoms with van der Waals surface area (Å²) in [6, 6.07) is 0. The normalized spacial score (nSPS) is 28.7. The lowest BCUT2D eigenvalue weighted by atomic mass is 10.2. The third-order valence-corrected chi connectivity index (χ3v) is 3.64. The highest BCUT2D eigenvalue weighted by Crippen LogP contribution is 2.21. The van der Waals surface area contributed by atoms with E-state index in [0.717, 1.165) is 5.57 Å². The predicted octanol–water partition coefficient (Wildman–Crippen LogP) is 0.757. The van der Waals surface area contributed by atoms with Gasteiger partial charge in [0.1, 0.15) is 12.7 Å². The van der Waals surface area contributed by atoms with Gasteiger partial charge in [0.15, 0.2) is 0 Å². The van der Waals surface area contributed by atoms with E-state index in [2.05, 4.69) is 0 Å². The highest BCUT2D eigenvalue weighted by molar-refractivity contribution is 7.80. The average molecular weight is 203 g/mol. The van der Waals surface area contributed by atoms with Gasteiger partial charge in [0, 0.05) is 0 Å². The highest BCUT2D eigenvalue weighted by Gasteiger charge is 2.32. The molecule has 1 aliphatic heterocycles. The Morgan fingerprint density at radius 2 is 2.23 bits per heavy atom. The molecule has 0 N–H and O–H groups in total. The average Bonchev–Trinajstić information content (AvgIpc) is 2.02. The first kappa shape index (κ1) is 10.4. The van der Waals surface area contributed by atoms with Crippen LogP contribution in [-0.4, -0.2) is 29.9 Å². The number of nitrogens with zero attached hydrogens (tertiary/aromatic N) is 1. The van der Waals surface area contributed by atoms with Gasteiger partial charge in [0.25, 0.3) is 10.3 Å². The number of hydrogen-bond donors (Lipinski definition) is 0. The summed E-state index contributed by atoms with van der Waals surface area (Å²) in [4.78, 5) is 0. The lowest BCUT2D eigenvalue weighted by Crippen LogP contribution is -2.49. The van der Waals surface area contributed by atoms with Crippen LogP contribution in [0.15, 0.2) is 23.9 Å². The molecule has 5 heteroatoms. The van der Waals surface area contributed by atoms with Crippen LogP contribution < -0.4 is 0 Å². The third-order valence-electron chi connectivity index (χ3n) is 2.24. The summed E-state index contributed by atoms with van der Waals surface area (Å²) in [5, 5.41) is 0. The molecule has 1 rings (SSSR count). The van der Waals surface area contributed by atoms with Gasteiger partial charge in [-0.05, 0) is 25.5 Å². The molecule has 0 aromatic heterocycles. The van der Waals surface area contributed by atoms with E-state index in [1.807, 2.05) is 13.0 Å². The van der Waals surface area contributed by atoms with Gasteiger partial charge in [-0.15, -0.1) is 0 Å². The van der Waals surface area contributed by atoms with E-state index in [0.29, 0.717) is 0 Å². The van der Waals surface area contributed by atoms with Crippen LogP contribution in [0.25, 0.3) is 0 Å². The topological polar surface area (TPSA) is 57.2 Å². The molecule has 0 fully saturated rings. The van der Waals surface area contributed by atoms with Gasteiger partial charge in [-0.2, -0.15) is 12.3 Å². The summed E-state index contributed by atoms with van der Waals surface area (Å²) in [5.74, 6) is 0. The summed E-state index contributed by atoms with van der Waals surface area (Å²) in [7, 11) is -4.31. The molecule has 0 aromatic carbocycles. The lowest BCUT2D eigenvalue weighted by molar-refractivity contribution is -0.750. The number of likely N-dealkylation sites (N-methyl/N-ethyl adjacent to an activating group) is 1. The number of rotatable bonds is 2. The van der Waals surface area contributed by atoms with Gasteiger partial charge in [-0.25, -0.2) is 0 Å². The van der Waals surface area contributed by atoms with Crippen molar-refractivity contribution in [3.63, 3.8) is 0 Å². The van der Waals surface area contributed by atoms with Crippen molar-refractivity contribution in [3.8, 4) is 0 Å². The van der Waals surface area contributed by atoms with Crippen LogP contribution in [0, 0.1) is 0 Å². The molecule has 1 unspecified atom stereocenters. The minimum absolute atomic E-state index is 0.263. The molecule has 0 aliphatic carbocycles. The molecule has 0 spiro atoms. The maximum atomic E-state index is 11.0. The molecule has 1 atom stereocenters. The molecule has 1 heterocycles. The Kier molecular flexibility index (Phi) is 2.61. The first-order valence-electron chi connectivity index (χ1n) is 4.09. The summed E-state index contributed by atoms with van der Waals surface area (Å²) in [6.07, 6.45) is 4.88. The molecule has 4 nitrogen and oxygen atoms in total. The van der Waals surface area contributed by atoms with Crippen molar-refractivity contribution in [3.05, 3.63) is 23.9 Å². The largest absolute Gasteiger partial charge is 0.701 e. The van der Waals surface area contributed by atoms with E-state index >= 15 is 0 Å². The van der Waals surface area contributed by atoms with E-state index in [9.17, 15) is 13.0 Å². The Bertz CT molecular complexity index is 356. The Morgan fingerprint density at radius 3 is 2.54 bits per heavy atom. The Hall–Kier alpha value is -0.650. The van der Waals surface area contributed by atoms with Crippen LogP contribution in [-0.2, 0) is 10.3 Å². The summed E-state index contributed by atoms with van der Waals surface area (Å²) in [6.45, 7) is 4.04. The van der Waals surface area contributed by atoms with Gasteiger partial charge in [0.2, 0.25) is 0 Å². The summed E-state index contributed by atoms with van der Waals surface area (Å²) in [5.41, 5.74) is 0.906. The summed E-state index contributed by atoms with van der Waals surface area (Å²) >= 11 is 0. The summed E-state index contributed by atoms with van der Waals surface area (Å²) < 4.78 is 32.6. The molecule has 0 bridgehead atoms. The molecule has 0 radical (unpaired) electrons. The molecular weight excluding hydrogens is 190 g/mol. The van der Waals surface area contributed by atoms with E-state index < -0.39 is 14.2 Å². The van der Waals surface area contributed by atoms with Crippen molar-refractivity contribution in [1.82, 2.24) is 0 Å². The number of allylic oxidation sites excluding steroid dienone is 2. The fourth-order valence-corrected chi connectivity index (χ4v) is 2.32. The second kappa shape index (κ2) is 3.25. The maximum absolute atomic E-state index is 11.0. The van der Waals surface area contributed by atoms with Crippen molar-refractivity contribution >= 4 is 10.3 Å². The lowest BCUT2D eigenvalue weighted by Gasteiger charge is -2.36. The first-order valence-corrected chi connectivity index (χ1v) is 5.45. The zero-order chi connectivity index (χ0) is 10.1. The quantitative estimate of drug-likeness (QED) is 0.491. The molecule has 13 heavy (non-hydrogen) atoms. The van der Waals surface area contributed by atoms with Crippen LogP contribution in [0.1, 0.15) is 13.8 Å². The van der Waals surface area contributed by atoms with Crippen molar-refractivity contribution in [2.45, 2.75) is 13.8 Å². The molecule has 74 valence electrons. The Labute approximate surface area is 78.6 Å². The fraction of sp³-hybridized carbons (Fsp3) is 0.500. The molecule has 0 aromatic rings. The van der Waals surface area contributed by atoms with Gasteiger partial charge in [0.05, 0.1) is 6.54 Å². The van der Waals surface area contributed by atoms with E-state index in [-0.39, 0.29) is 13.1 Å². The fourth-order valence-electron chi connectivity index (χ4n) is 1.42. The van der Waals surface area contributed by atoms with Crippen LogP contribution in [0.5, 0.6) is 0 Å². The van der Waals surface area contributed by atoms with Crippen molar-refractivity contribution < 1.29 is 16.9 Å². The van der Waals surface area contributed by atoms with Crippen LogP contribution in [0.4, 0.5) is 0 Å². The minimum Gasteiger partial charge on any atom is -0.701 e. The van der Waals surface area contributed by atoms with Crippen molar-refractivity contribution in [1.29, 1.82) is 0 Å². The zero-order valence-electron chi connectivity index (χ0n) is 7.73. The monoisotopic (exact) mass is 203 g/mol. The van der Waals surface area contributed by atoms with Crippen LogP contribution in [0.3, 0.4) is 0 Å². The van der Waals surface area contributed by atoms with E-state index in [1.165, 1.54) is 6.20 Å². The second-order valence-electron chi connectivity index (χ2n) is 3.21. The molecular formula is C8H13NO3S. The third kappa shape index (κ3) is 1.82. The SMILES string of the molecule is CC[N+]1(S(=O)(=O)[O-])C=CC=C(C)C1. The minimum atomic E-state index is -4.31. The van der Waals surface area contributed by atoms with Crippen LogP contribution >= 0.6 is 0 Å². The van der Waals surface area contributed by atoms with Gasteiger partial charge in [-0.3, -0.25) is 0 Å². The van der Waals surface area contributed by atoms with Crippen molar-refractivity contribution in [2.24, 2.45) is 0 Å². The molecule has 0 amide bonds. The van der Waals surface area contributed by atoms with Gasteiger partial charge < -0.3 is 4.55 Å². The molecule has 0 saturated heterocycles. The molecule has 0 saturated carbocycles. The standard InChI is InChI=1S/C8H13NO3S/c1-3-9(13(10,11)12)6-4-5-8(2)7-9/h4-6H,3,7H2,1-2H3. The number of quaternary nitrogens is 1. The first-order chi connectivity index (χ1) is 5.91. The number of hydrogen-bond acceptors (Lipinski definition) is 3. The van der Waals surface area contributed by atoms with E-state index in [1.54, 1.807) is 13.0 Å². The van der Waals surface area contributed by atoms with Gasteiger partial charge in [-0.1, -0.05) is 6.08 Å². The second-order valence-corrected chi connectivity index (χ2v) is 4.79. The maximum Gasteiger partial charge on any atom is 0.259 e.